The lowest BCUT2D eigenvalue weighted by Gasteiger charge is -2.23. The van der Waals surface area contributed by atoms with Crippen LogP contribution in [0.5, 0.6) is 0 Å². The zero-order valence-corrected chi connectivity index (χ0v) is 10.7. The normalized spacial score (nSPS) is 10.2. The van der Waals surface area contributed by atoms with E-state index in [0.717, 1.165) is 5.69 Å². The van der Waals surface area contributed by atoms with E-state index >= 15 is 0 Å². The lowest BCUT2D eigenvalue weighted by Crippen LogP contribution is -2.25. The van der Waals surface area contributed by atoms with E-state index in [1.807, 2.05) is 30.0 Å². The maximum Gasteiger partial charge on any atom is 0.356 e. The summed E-state index contributed by atoms with van der Waals surface area (Å²) in [7, 11) is 0. The van der Waals surface area contributed by atoms with Gasteiger partial charge in [0.05, 0.1) is 17.9 Å². The number of hydrogen-bond acceptors (Lipinski definition) is 4. The average molecular weight is 257 g/mol. The topological polar surface area (TPSA) is 66.3 Å². The number of carboxylic acid groups (broad SMARTS) is 1. The highest BCUT2D eigenvalue weighted by Gasteiger charge is 2.16. The molecular formula is C14H15N3O2. The van der Waals surface area contributed by atoms with E-state index in [9.17, 15) is 9.90 Å². The van der Waals surface area contributed by atoms with Gasteiger partial charge in [-0.3, -0.25) is 4.98 Å². The summed E-state index contributed by atoms with van der Waals surface area (Å²) in [6.45, 7) is 3.22. The maximum atomic E-state index is 11.2. The summed E-state index contributed by atoms with van der Waals surface area (Å²) in [5.41, 5.74) is 1.58. The molecule has 0 spiro atoms. The number of nitrogens with zero attached hydrogens (tertiary/aromatic N) is 3. The van der Waals surface area contributed by atoms with Gasteiger partial charge in [-0.15, -0.1) is 0 Å². The minimum Gasteiger partial charge on any atom is -0.476 e. The molecule has 0 saturated heterocycles. The number of rotatable bonds is 5. The first-order valence-corrected chi connectivity index (χ1v) is 6.05. The van der Waals surface area contributed by atoms with Crippen LogP contribution in [0.15, 0.2) is 42.7 Å². The first-order chi connectivity index (χ1) is 9.22. The highest BCUT2D eigenvalue weighted by Crippen LogP contribution is 2.19. The van der Waals surface area contributed by atoms with Crippen LogP contribution in [0.25, 0.3) is 0 Å². The summed E-state index contributed by atoms with van der Waals surface area (Å²) >= 11 is 0. The number of aromatic carboxylic acids is 1. The van der Waals surface area contributed by atoms with E-state index < -0.39 is 5.97 Å². The number of anilines is 1. The Balaban J connectivity index is 2.30. The van der Waals surface area contributed by atoms with Crippen molar-refractivity contribution in [1.29, 1.82) is 0 Å². The molecule has 0 unspecified atom stereocenters. The molecule has 0 fully saturated rings. The van der Waals surface area contributed by atoms with E-state index in [2.05, 4.69) is 9.97 Å². The molecule has 0 aliphatic heterocycles. The van der Waals surface area contributed by atoms with Crippen LogP contribution in [-0.4, -0.2) is 27.6 Å². The van der Waals surface area contributed by atoms with Gasteiger partial charge in [0, 0.05) is 18.9 Å². The van der Waals surface area contributed by atoms with Crippen molar-refractivity contribution in [3.8, 4) is 0 Å². The zero-order chi connectivity index (χ0) is 13.7. The molecule has 0 aromatic carbocycles. The van der Waals surface area contributed by atoms with Crippen LogP contribution < -0.4 is 4.90 Å². The van der Waals surface area contributed by atoms with Gasteiger partial charge in [-0.05, 0) is 31.2 Å². The van der Waals surface area contributed by atoms with Crippen LogP contribution in [0.3, 0.4) is 0 Å². The Hall–Kier alpha value is -2.43. The van der Waals surface area contributed by atoms with Gasteiger partial charge in [0.25, 0.3) is 0 Å². The SMILES string of the molecule is CCN(Cc1ccccn1)c1cccnc1C(=O)O. The molecule has 2 rings (SSSR count). The van der Waals surface area contributed by atoms with Crippen LogP contribution in [0.2, 0.25) is 0 Å². The third-order valence-electron chi connectivity index (χ3n) is 2.79. The van der Waals surface area contributed by atoms with E-state index in [4.69, 9.17) is 0 Å². The minimum absolute atomic E-state index is 0.0697. The monoisotopic (exact) mass is 257 g/mol. The Morgan fingerprint density at radius 2 is 2.00 bits per heavy atom. The molecule has 2 heterocycles. The summed E-state index contributed by atoms with van der Waals surface area (Å²) in [5, 5.41) is 9.17. The van der Waals surface area contributed by atoms with Crippen molar-refractivity contribution in [1.82, 2.24) is 9.97 Å². The smallest absolute Gasteiger partial charge is 0.356 e. The molecule has 0 aliphatic carbocycles. The van der Waals surface area contributed by atoms with Crippen molar-refractivity contribution in [3.63, 3.8) is 0 Å². The van der Waals surface area contributed by atoms with Crippen LogP contribution >= 0.6 is 0 Å². The molecule has 0 saturated carbocycles. The largest absolute Gasteiger partial charge is 0.476 e. The third kappa shape index (κ3) is 3.07. The lowest BCUT2D eigenvalue weighted by atomic mass is 10.2. The van der Waals surface area contributed by atoms with Gasteiger partial charge >= 0.3 is 5.97 Å². The van der Waals surface area contributed by atoms with Gasteiger partial charge in [-0.1, -0.05) is 6.07 Å². The van der Waals surface area contributed by atoms with Crippen LogP contribution in [0.1, 0.15) is 23.1 Å². The van der Waals surface area contributed by atoms with Gasteiger partial charge in [0.2, 0.25) is 0 Å². The summed E-state index contributed by atoms with van der Waals surface area (Å²) in [5.74, 6) is -1.02. The summed E-state index contributed by atoms with van der Waals surface area (Å²) in [4.78, 5) is 21.3. The molecule has 0 radical (unpaired) electrons. The fourth-order valence-corrected chi connectivity index (χ4v) is 1.87. The second-order valence-corrected chi connectivity index (χ2v) is 4.01. The van der Waals surface area contributed by atoms with Crippen LogP contribution in [0, 0.1) is 0 Å². The van der Waals surface area contributed by atoms with E-state index in [1.165, 1.54) is 6.20 Å². The first-order valence-electron chi connectivity index (χ1n) is 6.05. The highest BCUT2D eigenvalue weighted by atomic mass is 16.4. The highest BCUT2D eigenvalue weighted by molar-refractivity contribution is 5.92. The number of carboxylic acids is 1. The van der Waals surface area contributed by atoms with Gasteiger partial charge in [0.1, 0.15) is 0 Å². The van der Waals surface area contributed by atoms with E-state index in [1.54, 1.807) is 18.3 Å². The van der Waals surface area contributed by atoms with Crippen molar-refractivity contribution >= 4 is 11.7 Å². The first kappa shape index (κ1) is 13.0. The predicted molar refractivity (Wildman–Crippen MR) is 72.2 cm³/mol. The molecule has 2 aromatic rings. The Labute approximate surface area is 111 Å². The molecule has 0 aliphatic rings. The standard InChI is InChI=1S/C14H15N3O2/c1-2-17(10-11-6-3-4-8-15-11)12-7-5-9-16-13(12)14(18)19/h3-9H,2,10H2,1H3,(H,18,19). The minimum atomic E-state index is -1.02. The van der Waals surface area contributed by atoms with E-state index in [0.29, 0.717) is 18.8 Å². The van der Waals surface area contributed by atoms with Crippen molar-refractivity contribution < 1.29 is 9.90 Å². The van der Waals surface area contributed by atoms with Crippen molar-refractivity contribution in [2.75, 3.05) is 11.4 Å². The zero-order valence-electron chi connectivity index (χ0n) is 10.7. The van der Waals surface area contributed by atoms with Crippen molar-refractivity contribution in [2.24, 2.45) is 0 Å². The van der Waals surface area contributed by atoms with Crippen molar-refractivity contribution in [3.05, 3.63) is 54.1 Å². The Kier molecular flexibility index (Phi) is 4.07. The molecule has 19 heavy (non-hydrogen) atoms. The predicted octanol–water partition coefficient (Wildman–Crippen LogP) is 2.20. The van der Waals surface area contributed by atoms with Gasteiger partial charge in [-0.2, -0.15) is 0 Å². The molecular weight excluding hydrogens is 242 g/mol. The molecule has 0 bridgehead atoms. The summed E-state index contributed by atoms with van der Waals surface area (Å²) in [6, 6.07) is 9.19. The van der Waals surface area contributed by atoms with Crippen LogP contribution in [-0.2, 0) is 6.54 Å². The fraction of sp³-hybridized carbons (Fsp3) is 0.214. The Bertz CT molecular complexity index is 558. The molecule has 0 atom stereocenters. The molecule has 98 valence electrons. The lowest BCUT2D eigenvalue weighted by molar-refractivity contribution is 0.0691. The van der Waals surface area contributed by atoms with Gasteiger partial charge in [-0.25, -0.2) is 9.78 Å². The fourth-order valence-electron chi connectivity index (χ4n) is 1.87. The number of aromatic nitrogens is 2. The third-order valence-corrected chi connectivity index (χ3v) is 2.79. The number of pyridine rings is 2. The molecule has 5 heteroatoms. The summed E-state index contributed by atoms with van der Waals surface area (Å²) < 4.78 is 0. The van der Waals surface area contributed by atoms with Crippen molar-refractivity contribution in [2.45, 2.75) is 13.5 Å². The second kappa shape index (κ2) is 5.95. The molecule has 5 nitrogen and oxygen atoms in total. The second-order valence-electron chi connectivity index (χ2n) is 4.01. The average Bonchev–Trinajstić information content (AvgIpc) is 2.46. The van der Waals surface area contributed by atoms with Crippen LogP contribution in [0.4, 0.5) is 5.69 Å². The number of carbonyl (C=O) groups is 1. The van der Waals surface area contributed by atoms with E-state index in [-0.39, 0.29) is 5.69 Å². The molecule has 0 amide bonds. The number of hydrogen-bond donors (Lipinski definition) is 1. The van der Waals surface area contributed by atoms with Gasteiger partial charge < -0.3 is 10.0 Å². The van der Waals surface area contributed by atoms with Gasteiger partial charge in [0.15, 0.2) is 5.69 Å². The Morgan fingerprint density at radius 1 is 1.21 bits per heavy atom. The maximum absolute atomic E-state index is 11.2. The quantitative estimate of drug-likeness (QED) is 0.889. The Morgan fingerprint density at radius 3 is 2.63 bits per heavy atom. The summed E-state index contributed by atoms with van der Waals surface area (Å²) in [6.07, 6.45) is 3.21. The molecule has 2 aromatic heterocycles. The molecule has 1 N–H and O–H groups in total.